The van der Waals surface area contributed by atoms with Crippen molar-refractivity contribution in [3.8, 4) is 0 Å². The van der Waals surface area contributed by atoms with Crippen molar-refractivity contribution >= 4 is 52.2 Å². The van der Waals surface area contributed by atoms with E-state index in [2.05, 4.69) is 35.6 Å². The number of nitrogens with zero attached hydrogens (tertiary/aromatic N) is 3. The highest BCUT2D eigenvalue weighted by Gasteiger charge is 2.18. The Morgan fingerprint density at radius 2 is 1.86 bits per heavy atom. The number of carbonyl (C=O) groups excluding carboxylic acids is 2. The molecule has 4 rings (SSSR count). The number of ether oxygens (including phenoxy) is 1. The van der Waals surface area contributed by atoms with Crippen LogP contribution in [0.2, 0.25) is 0 Å². The zero-order valence-corrected chi connectivity index (χ0v) is 19.6. The number of hydrogen-bond donors (Lipinski definition) is 5. The minimum Gasteiger partial charge on any atom is -0.465 e. The lowest BCUT2D eigenvalue weighted by Gasteiger charge is -2.08. The number of benzene rings is 2. The Morgan fingerprint density at radius 1 is 1.09 bits per heavy atom. The lowest BCUT2D eigenvalue weighted by Crippen LogP contribution is -2.30. The molecule has 0 bridgehead atoms. The Morgan fingerprint density at radius 3 is 2.54 bits per heavy atom. The number of anilines is 2. The maximum atomic E-state index is 12.3. The van der Waals surface area contributed by atoms with Crippen LogP contribution in [0, 0.1) is 6.92 Å². The number of unbranched alkanes of at least 4 members (excludes halogenated alkanes) is 1. The van der Waals surface area contributed by atoms with Gasteiger partial charge in [0.2, 0.25) is 11.9 Å². The molecular formula is C23H27N7O5. The summed E-state index contributed by atoms with van der Waals surface area (Å²) >= 11 is 0. The van der Waals surface area contributed by atoms with Crippen LogP contribution in [-0.2, 0) is 4.74 Å². The number of methoxy groups -OCH3 is 1. The molecule has 3 amide bonds. The van der Waals surface area contributed by atoms with E-state index in [1.807, 2.05) is 44.2 Å². The number of H-pyrrole nitrogens is 1. The molecule has 0 aliphatic rings. The quantitative estimate of drug-likeness (QED) is 0.261. The van der Waals surface area contributed by atoms with Crippen molar-refractivity contribution in [3.05, 3.63) is 48.0 Å². The molecule has 0 saturated heterocycles. The summed E-state index contributed by atoms with van der Waals surface area (Å²) in [4.78, 5) is 45.3. The van der Waals surface area contributed by atoms with Crippen LogP contribution >= 0.6 is 0 Å². The smallest absolute Gasteiger partial charge is 0.413 e. The third-order valence-corrected chi connectivity index (χ3v) is 4.91. The van der Waals surface area contributed by atoms with Gasteiger partial charge in [-0.15, -0.1) is 0 Å². The van der Waals surface area contributed by atoms with Gasteiger partial charge in [-0.1, -0.05) is 37.6 Å². The van der Waals surface area contributed by atoms with Gasteiger partial charge < -0.3 is 20.1 Å². The number of amides is 3. The normalized spacial score (nSPS) is 10.4. The fourth-order valence-corrected chi connectivity index (χ4v) is 3.24. The minimum absolute atomic E-state index is 0.000739. The molecule has 0 aliphatic carbocycles. The first-order chi connectivity index (χ1) is 16.8. The van der Waals surface area contributed by atoms with Crippen molar-refractivity contribution in [1.82, 2.24) is 24.8 Å². The molecule has 2 aromatic heterocycles. The first kappa shape index (κ1) is 25.0. The molecule has 0 unspecified atom stereocenters. The van der Waals surface area contributed by atoms with Crippen molar-refractivity contribution in [2.75, 3.05) is 24.3 Å². The molecule has 0 aliphatic heterocycles. The van der Waals surface area contributed by atoms with Gasteiger partial charge in [-0.05, 0) is 37.1 Å². The second-order valence-corrected chi connectivity index (χ2v) is 7.45. The number of aromatic nitrogens is 4. The molecule has 12 nitrogen and oxygen atoms in total. The summed E-state index contributed by atoms with van der Waals surface area (Å²) in [6.07, 6.45) is 0.0262. The molecule has 2 aromatic carbocycles. The molecule has 2 heterocycles. The van der Waals surface area contributed by atoms with Crippen LogP contribution in [0.4, 0.5) is 26.3 Å². The van der Waals surface area contributed by atoms with Gasteiger partial charge >= 0.3 is 18.2 Å². The number of aromatic amines is 1. The highest BCUT2D eigenvalue weighted by Crippen LogP contribution is 2.22. The molecule has 5 N–H and O–H groups in total. The van der Waals surface area contributed by atoms with Crippen molar-refractivity contribution in [2.24, 2.45) is 0 Å². The Bertz CT molecular complexity index is 1310. The summed E-state index contributed by atoms with van der Waals surface area (Å²) in [6, 6.07) is 12.5. The maximum absolute atomic E-state index is 12.3. The monoisotopic (exact) mass is 481 g/mol. The molecule has 0 spiro atoms. The van der Waals surface area contributed by atoms with E-state index in [0.717, 1.165) is 29.4 Å². The van der Waals surface area contributed by atoms with Crippen molar-refractivity contribution < 1.29 is 24.2 Å². The molecule has 0 saturated carbocycles. The Kier molecular flexibility index (Phi) is 8.22. The number of para-hydroxylation sites is 3. The zero-order chi connectivity index (χ0) is 25.4. The minimum atomic E-state index is -1.26. The summed E-state index contributed by atoms with van der Waals surface area (Å²) in [5.41, 5.74) is 3.73. The topological polar surface area (TPSA) is 163 Å². The number of hydrogen-bond acceptors (Lipinski definition) is 6. The SMILES string of the molecule is CCCCNC(=O)n1c(NC(=O)O)nc2c(C)cccc21.COC(=O)Nc1nc2ccccc2[nH]1. The van der Waals surface area contributed by atoms with Gasteiger partial charge in [0.25, 0.3) is 0 Å². The second kappa shape index (κ2) is 11.5. The van der Waals surface area contributed by atoms with Gasteiger partial charge in [0.1, 0.15) is 0 Å². The highest BCUT2D eigenvalue weighted by atomic mass is 16.5. The van der Waals surface area contributed by atoms with Crippen LogP contribution in [0.5, 0.6) is 0 Å². The fraction of sp³-hybridized carbons (Fsp3) is 0.261. The van der Waals surface area contributed by atoms with E-state index in [4.69, 9.17) is 5.11 Å². The number of carboxylic acid groups (broad SMARTS) is 1. The van der Waals surface area contributed by atoms with Crippen LogP contribution in [0.15, 0.2) is 42.5 Å². The third-order valence-electron chi connectivity index (χ3n) is 4.91. The van der Waals surface area contributed by atoms with Crippen LogP contribution in [0.25, 0.3) is 22.1 Å². The summed E-state index contributed by atoms with van der Waals surface area (Å²) in [5.74, 6) is 0.388. The lowest BCUT2D eigenvalue weighted by molar-refractivity contribution is 0.186. The third kappa shape index (κ3) is 6.25. The largest absolute Gasteiger partial charge is 0.465 e. The van der Waals surface area contributed by atoms with Crippen molar-refractivity contribution in [3.63, 3.8) is 0 Å². The summed E-state index contributed by atoms with van der Waals surface area (Å²) in [5, 5.41) is 16.3. The van der Waals surface area contributed by atoms with Gasteiger partial charge in [-0.25, -0.2) is 28.9 Å². The standard InChI is InChI=1S/C14H18N4O3.C9H9N3O2/c1-3-4-8-15-13(19)18-10-7-5-6-9(2)11(10)16-12(18)17-14(20)21;1-14-9(13)12-8-10-6-4-2-3-5-7(6)11-8/h5-7H,3-4,8H2,1-2H3,(H,15,19)(H,16,17)(H,20,21);2-5H,1H3,(H2,10,11,12,13). The van der Waals surface area contributed by atoms with Gasteiger partial charge in [0, 0.05) is 6.54 Å². The number of fused-ring (bicyclic) bond motifs is 2. The maximum Gasteiger partial charge on any atom is 0.413 e. The second-order valence-electron chi connectivity index (χ2n) is 7.45. The average molecular weight is 482 g/mol. The van der Waals surface area contributed by atoms with E-state index in [9.17, 15) is 14.4 Å². The lowest BCUT2D eigenvalue weighted by atomic mass is 10.2. The molecular weight excluding hydrogens is 454 g/mol. The first-order valence-corrected chi connectivity index (χ1v) is 10.9. The molecule has 4 aromatic rings. The van der Waals surface area contributed by atoms with Crippen LogP contribution in [0.1, 0.15) is 25.3 Å². The Balaban J connectivity index is 0.000000211. The van der Waals surface area contributed by atoms with E-state index < -0.39 is 12.2 Å². The van der Waals surface area contributed by atoms with Gasteiger partial charge in [0.05, 0.1) is 29.2 Å². The molecule has 0 atom stereocenters. The zero-order valence-electron chi connectivity index (χ0n) is 19.6. The number of aryl methyl sites for hydroxylation is 1. The predicted molar refractivity (Wildman–Crippen MR) is 132 cm³/mol. The van der Waals surface area contributed by atoms with Crippen LogP contribution in [-0.4, -0.2) is 56.5 Å². The van der Waals surface area contributed by atoms with Gasteiger partial charge in [0.15, 0.2) is 0 Å². The fourth-order valence-electron chi connectivity index (χ4n) is 3.24. The highest BCUT2D eigenvalue weighted by molar-refractivity contribution is 5.96. The van der Waals surface area contributed by atoms with Crippen LogP contribution < -0.4 is 16.0 Å². The first-order valence-electron chi connectivity index (χ1n) is 10.9. The Labute approximate surface area is 200 Å². The van der Waals surface area contributed by atoms with E-state index in [1.165, 1.54) is 11.7 Å². The van der Waals surface area contributed by atoms with Gasteiger partial charge in [-0.3, -0.25) is 10.6 Å². The molecule has 12 heteroatoms. The van der Waals surface area contributed by atoms with E-state index in [-0.39, 0.29) is 12.0 Å². The van der Waals surface area contributed by atoms with E-state index >= 15 is 0 Å². The van der Waals surface area contributed by atoms with Gasteiger partial charge in [-0.2, -0.15) is 0 Å². The summed E-state index contributed by atoms with van der Waals surface area (Å²) < 4.78 is 5.70. The predicted octanol–water partition coefficient (Wildman–Crippen LogP) is 4.53. The number of rotatable bonds is 5. The Hall–Kier alpha value is -4.61. The van der Waals surface area contributed by atoms with Crippen molar-refractivity contribution in [2.45, 2.75) is 26.7 Å². The van der Waals surface area contributed by atoms with E-state index in [1.54, 1.807) is 12.1 Å². The summed E-state index contributed by atoms with van der Waals surface area (Å²) in [7, 11) is 1.30. The average Bonchev–Trinajstić information content (AvgIpc) is 3.40. The van der Waals surface area contributed by atoms with E-state index in [0.29, 0.717) is 23.5 Å². The molecule has 35 heavy (non-hydrogen) atoms. The van der Waals surface area contributed by atoms with Crippen molar-refractivity contribution in [1.29, 1.82) is 0 Å². The summed E-state index contributed by atoms with van der Waals surface area (Å²) in [6.45, 7) is 4.42. The van der Waals surface area contributed by atoms with Crippen LogP contribution in [0.3, 0.4) is 0 Å². The molecule has 0 fully saturated rings. The molecule has 0 radical (unpaired) electrons. The number of carbonyl (C=O) groups is 3. The number of imidazole rings is 2. The number of nitrogens with one attached hydrogen (secondary N) is 4. The molecule has 184 valence electrons.